The summed E-state index contributed by atoms with van der Waals surface area (Å²) >= 11 is 0. The van der Waals surface area contributed by atoms with E-state index in [2.05, 4.69) is 23.8 Å². The van der Waals surface area contributed by atoms with E-state index in [9.17, 15) is 4.39 Å². The second-order valence-electron chi connectivity index (χ2n) is 6.74. The van der Waals surface area contributed by atoms with E-state index in [0.29, 0.717) is 0 Å². The summed E-state index contributed by atoms with van der Waals surface area (Å²) < 4.78 is 15.1. The Morgan fingerprint density at radius 3 is 2.36 bits per heavy atom. The molecule has 0 aliphatic carbocycles. The van der Waals surface area contributed by atoms with Crippen LogP contribution in [-0.4, -0.2) is 52.7 Å². The van der Waals surface area contributed by atoms with Crippen LogP contribution in [0.25, 0.3) is 16.9 Å². The summed E-state index contributed by atoms with van der Waals surface area (Å²) in [6, 6.07) is 8.41. The predicted molar refractivity (Wildman–Crippen MR) is 97.6 cm³/mol. The molecule has 1 aromatic carbocycles. The summed E-state index contributed by atoms with van der Waals surface area (Å²) in [7, 11) is 2.15. The molecule has 2 aromatic heterocycles. The Morgan fingerprint density at radius 2 is 1.68 bits per heavy atom. The number of piperazine rings is 1. The topological polar surface area (TPSA) is 36.7 Å². The maximum Gasteiger partial charge on any atom is 0.158 e. The lowest BCUT2D eigenvalue weighted by Gasteiger charge is -2.35. The van der Waals surface area contributed by atoms with Crippen molar-refractivity contribution >= 4 is 11.5 Å². The van der Waals surface area contributed by atoms with Gasteiger partial charge in [-0.15, -0.1) is 0 Å². The molecule has 0 radical (unpaired) electrons. The molecule has 1 fully saturated rings. The normalized spacial score (nSPS) is 15.9. The number of nitrogens with zero attached hydrogens (tertiary/aromatic N) is 5. The summed E-state index contributed by atoms with van der Waals surface area (Å²) in [5.74, 6) is 0.874. The van der Waals surface area contributed by atoms with Crippen molar-refractivity contribution in [2.24, 2.45) is 0 Å². The van der Waals surface area contributed by atoms with Crippen molar-refractivity contribution in [3.8, 4) is 11.3 Å². The van der Waals surface area contributed by atoms with Crippen molar-refractivity contribution in [2.45, 2.75) is 13.8 Å². The Hall–Kier alpha value is -2.47. The number of aryl methyl sites for hydroxylation is 1. The molecular weight excluding hydrogens is 317 g/mol. The number of hydrogen-bond donors (Lipinski definition) is 0. The number of rotatable bonds is 2. The third kappa shape index (κ3) is 2.87. The first-order valence-electron chi connectivity index (χ1n) is 8.59. The highest BCUT2D eigenvalue weighted by Crippen LogP contribution is 2.27. The number of likely N-dealkylation sites (N-methyl/N-ethyl adjacent to an activating group) is 1. The standard InChI is InChI=1S/C19H22FN5/c1-13-14(2)21-18-12-17(15-4-6-16(20)7-5-15)22-25(18)19(13)24-10-8-23(3)9-11-24/h4-7,12H,8-11H2,1-3H3. The number of fused-ring (bicyclic) bond motifs is 1. The first kappa shape index (κ1) is 16.0. The minimum Gasteiger partial charge on any atom is -0.354 e. The number of hydrogen-bond acceptors (Lipinski definition) is 4. The van der Waals surface area contributed by atoms with Crippen LogP contribution < -0.4 is 4.90 Å². The van der Waals surface area contributed by atoms with Crippen LogP contribution in [0.5, 0.6) is 0 Å². The van der Waals surface area contributed by atoms with Gasteiger partial charge in [0, 0.05) is 49.1 Å². The first-order valence-corrected chi connectivity index (χ1v) is 8.59. The van der Waals surface area contributed by atoms with Crippen LogP contribution in [0.15, 0.2) is 30.3 Å². The van der Waals surface area contributed by atoms with Gasteiger partial charge in [0.1, 0.15) is 11.6 Å². The van der Waals surface area contributed by atoms with Crippen molar-refractivity contribution < 1.29 is 4.39 Å². The molecule has 3 aromatic rings. The van der Waals surface area contributed by atoms with Gasteiger partial charge in [-0.25, -0.2) is 9.37 Å². The molecule has 0 bridgehead atoms. The van der Waals surface area contributed by atoms with Gasteiger partial charge in [0.05, 0.1) is 5.69 Å². The smallest absolute Gasteiger partial charge is 0.158 e. The molecule has 130 valence electrons. The van der Waals surface area contributed by atoms with Gasteiger partial charge < -0.3 is 9.80 Å². The van der Waals surface area contributed by atoms with Crippen LogP contribution in [0.4, 0.5) is 10.2 Å². The second-order valence-corrected chi connectivity index (χ2v) is 6.74. The van der Waals surface area contributed by atoms with E-state index in [4.69, 9.17) is 10.1 Å². The van der Waals surface area contributed by atoms with Crippen LogP contribution in [0.3, 0.4) is 0 Å². The van der Waals surface area contributed by atoms with Crippen molar-refractivity contribution in [1.82, 2.24) is 19.5 Å². The molecule has 25 heavy (non-hydrogen) atoms. The van der Waals surface area contributed by atoms with E-state index in [1.54, 1.807) is 12.1 Å². The average molecular weight is 339 g/mol. The molecule has 3 heterocycles. The van der Waals surface area contributed by atoms with Gasteiger partial charge in [-0.2, -0.15) is 9.61 Å². The van der Waals surface area contributed by atoms with Gasteiger partial charge in [-0.05, 0) is 45.2 Å². The van der Waals surface area contributed by atoms with E-state index in [1.807, 2.05) is 17.5 Å². The van der Waals surface area contributed by atoms with Crippen LogP contribution >= 0.6 is 0 Å². The van der Waals surface area contributed by atoms with Crippen LogP contribution in [0.2, 0.25) is 0 Å². The summed E-state index contributed by atoms with van der Waals surface area (Å²) in [6.07, 6.45) is 0. The van der Waals surface area contributed by atoms with Crippen LogP contribution in [0, 0.1) is 19.7 Å². The fourth-order valence-electron chi connectivity index (χ4n) is 3.33. The quantitative estimate of drug-likeness (QED) is 0.719. The van der Waals surface area contributed by atoms with E-state index in [1.165, 1.54) is 12.1 Å². The van der Waals surface area contributed by atoms with E-state index in [-0.39, 0.29) is 5.82 Å². The lowest BCUT2D eigenvalue weighted by molar-refractivity contribution is 0.311. The number of halogens is 1. The van der Waals surface area contributed by atoms with Gasteiger partial charge in [-0.3, -0.25) is 0 Å². The van der Waals surface area contributed by atoms with Crippen molar-refractivity contribution in [3.63, 3.8) is 0 Å². The molecule has 4 rings (SSSR count). The average Bonchev–Trinajstić information content (AvgIpc) is 3.01. The molecule has 1 saturated heterocycles. The van der Waals surface area contributed by atoms with Gasteiger partial charge in [-0.1, -0.05) is 0 Å². The molecule has 5 nitrogen and oxygen atoms in total. The highest BCUT2D eigenvalue weighted by atomic mass is 19.1. The lowest BCUT2D eigenvalue weighted by atomic mass is 10.1. The number of benzene rings is 1. The summed E-state index contributed by atoms with van der Waals surface area (Å²) in [4.78, 5) is 9.42. The fraction of sp³-hybridized carbons (Fsp3) is 0.368. The minimum atomic E-state index is -0.240. The minimum absolute atomic E-state index is 0.240. The molecule has 1 aliphatic heterocycles. The molecule has 0 spiro atoms. The van der Waals surface area contributed by atoms with Crippen LogP contribution in [-0.2, 0) is 0 Å². The molecule has 0 unspecified atom stereocenters. The van der Waals surface area contributed by atoms with Crippen molar-refractivity contribution in [3.05, 3.63) is 47.4 Å². The van der Waals surface area contributed by atoms with E-state index >= 15 is 0 Å². The van der Waals surface area contributed by atoms with Gasteiger partial charge in [0.25, 0.3) is 0 Å². The fourth-order valence-corrected chi connectivity index (χ4v) is 3.33. The Morgan fingerprint density at radius 1 is 1.00 bits per heavy atom. The molecule has 0 amide bonds. The third-order valence-corrected chi connectivity index (χ3v) is 4.99. The molecular formula is C19H22FN5. The zero-order chi connectivity index (χ0) is 17.6. The Labute approximate surface area is 146 Å². The molecule has 0 N–H and O–H groups in total. The highest BCUT2D eigenvalue weighted by Gasteiger charge is 2.21. The lowest BCUT2D eigenvalue weighted by Crippen LogP contribution is -2.45. The first-order chi connectivity index (χ1) is 12.0. The van der Waals surface area contributed by atoms with Gasteiger partial charge in [0.2, 0.25) is 0 Å². The SMILES string of the molecule is Cc1nc2cc(-c3ccc(F)cc3)nn2c(N2CCN(C)CC2)c1C. The summed E-state index contributed by atoms with van der Waals surface area (Å²) in [6.45, 7) is 8.17. The Balaban J connectivity index is 1.83. The van der Waals surface area contributed by atoms with Gasteiger partial charge in [0.15, 0.2) is 5.65 Å². The van der Waals surface area contributed by atoms with E-state index < -0.39 is 0 Å². The summed E-state index contributed by atoms with van der Waals surface area (Å²) in [5, 5.41) is 4.79. The van der Waals surface area contributed by atoms with Gasteiger partial charge >= 0.3 is 0 Å². The summed E-state index contributed by atoms with van der Waals surface area (Å²) in [5.41, 5.74) is 4.72. The molecule has 0 saturated carbocycles. The monoisotopic (exact) mass is 339 g/mol. The third-order valence-electron chi connectivity index (χ3n) is 4.99. The van der Waals surface area contributed by atoms with Crippen molar-refractivity contribution in [1.29, 1.82) is 0 Å². The zero-order valence-corrected chi connectivity index (χ0v) is 14.8. The largest absolute Gasteiger partial charge is 0.354 e. The Bertz CT molecular complexity index is 908. The van der Waals surface area contributed by atoms with E-state index in [0.717, 1.165) is 60.2 Å². The maximum atomic E-state index is 13.2. The zero-order valence-electron chi connectivity index (χ0n) is 14.8. The number of aromatic nitrogens is 3. The second kappa shape index (κ2) is 6.11. The highest BCUT2D eigenvalue weighted by molar-refractivity contribution is 5.67. The molecule has 0 atom stereocenters. The van der Waals surface area contributed by atoms with Crippen molar-refractivity contribution in [2.75, 3.05) is 38.1 Å². The van der Waals surface area contributed by atoms with Crippen LogP contribution in [0.1, 0.15) is 11.3 Å². The Kier molecular flexibility index (Phi) is 3.92. The predicted octanol–water partition coefficient (Wildman–Crippen LogP) is 2.90. The molecule has 6 heteroatoms. The molecule has 1 aliphatic rings. The number of anilines is 1. The maximum absolute atomic E-state index is 13.2.